The summed E-state index contributed by atoms with van der Waals surface area (Å²) in [6.07, 6.45) is 3.38. The number of hydrogen-bond donors (Lipinski definition) is 0. The molecule has 0 fully saturated rings. The molecule has 0 radical (unpaired) electrons. The van der Waals surface area contributed by atoms with Crippen molar-refractivity contribution in [3.63, 3.8) is 0 Å². The third-order valence-electron chi connectivity index (χ3n) is 3.27. The molecule has 1 aromatic carbocycles. The quantitative estimate of drug-likeness (QED) is 0.634. The van der Waals surface area contributed by atoms with Crippen LogP contribution in [-0.4, -0.2) is 17.0 Å². The second-order valence-electron chi connectivity index (χ2n) is 4.47. The van der Waals surface area contributed by atoms with Gasteiger partial charge in [0.1, 0.15) is 0 Å². The SMILES string of the molecule is CC(c1cccnc1)N(C)c1ccc([N+](=O)[O-])cc1F. The van der Waals surface area contributed by atoms with E-state index in [4.69, 9.17) is 0 Å². The maximum Gasteiger partial charge on any atom is 0.272 e. The number of aromatic nitrogens is 1. The van der Waals surface area contributed by atoms with E-state index < -0.39 is 10.7 Å². The summed E-state index contributed by atoms with van der Waals surface area (Å²) >= 11 is 0. The molecular formula is C14H14FN3O2. The fourth-order valence-electron chi connectivity index (χ4n) is 1.95. The summed E-state index contributed by atoms with van der Waals surface area (Å²) in [5, 5.41) is 10.6. The highest BCUT2D eigenvalue weighted by Gasteiger charge is 2.18. The third-order valence-corrected chi connectivity index (χ3v) is 3.27. The number of benzene rings is 1. The molecule has 2 rings (SSSR count). The first kappa shape index (κ1) is 13.9. The van der Waals surface area contributed by atoms with Gasteiger partial charge in [0, 0.05) is 25.5 Å². The van der Waals surface area contributed by atoms with E-state index >= 15 is 0 Å². The predicted octanol–water partition coefficient (Wildman–Crippen LogP) is 3.33. The largest absolute Gasteiger partial charge is 0.365 e. The molecule has 0 N–H and O–H groups in total. The van der Waals surface area contributed by atoms with Crippen molar-refractivity contribution in [3.8, 4) is 0 Å². The van der Waals surface area contributed by atoms with E-state index in [1.807, 2.05) is 19.1 Å². The summed E-state index contributed by atoms with van der Waals surface area (Å²) in [6, 6.07) is 7.26. The number of nitro groups is 1. The highest BCUT2D eigenvalue weighted by Crippen LogP contribution is 2.29. The van der Waals surface area contributed by atoms with Gasteiger partial charge in [-0.2, -0.15) is 0 Å². The fourth-order valence-corrected chi connectivity index (χ4v) is 1.95. The van der Waals surface area contributed by atoms with Crippen molar-refractivity contribution in [1.82, 2.24) is 4.98 Å². The van der Waals surface area contributed by atoms with E-state index in [1.165, 1.54) is 12.1 Å². The monoisotopic (exact) mass is 275 g/mol. The van der Waals surface area contributed by atoms with Gasteiger partial charge in [-0.1, -0.05) is 6.07 Å². The molecule has 0 bridgehead atoms. The molecule has 1 unspecified atom stereocenters. The first-order valence-electron chi connectivity index (χ1n) is 6.07. The van der Waals surface area contributed by atoms with Crippen molar-refractivity contribution in [3.05, 3.63) is 64.2 Å². The van der Waals surface area contributed by atoms with Crippen LogP contribution in [0.15, 0.2) is 42.7 Å². The van der Waals surface area contributed by atoms with Crippen LogP contribution in [0.2, 0.25) is 0 Å². The van der Waals surface area contributed by atoms with Gasteiger partial charge in [0.05, 0.1) is 22.7 Å². The molecular weight excluding hydrogens is 261 g/mol. The lowest BCUT2D eigenvalue weighted by atomic mass is 10.1. The van der Waals surface area contributed by atoms with Gasteiger partial charge in [0.15, 0.2) is 5.82 Å². The molecule has 0 aliphatic rings. The van der Waals surface area contributed by atoms with Crippen LogP contribution in [0, 0.1) is 15.9 Å². The molecule has 1 aromatic heterocycles. The Balaban J connectivity index is 2.29. The topological polar surface area (TPSA) is 59.3 Å². The third kappa shape index (κ3) is 2.74. The van der Waals surface area contributed by atoms with Crippen LogP contribution in [0.5, 0.6) is 0 Å². The fraction of sp³-hybridized carbons (Fsp3) is 0.214. The maximum absolute atomic E-state index is 14.0. The summed E-state index contributed by atoms with van der Waals surface area (Å²) in [7, 11) is 1.74. The zero-order valence-corrected chi connectivity index (χ0v) is 11.2. The number of halogens is 1. The van der Waals surface area contributed by atoms with Crippen LogP contribution >= 0.6 is 0 Å². The number of pyridine rings is 1. The average molecular weight is 275 g/mol. The summed E-state index contributed by atoms with van der Waals surface area (Å²) in [4.78, 5) is 15.7. The highest BCUT2D eigenvalue weighted by molar-refractivity contribution is 5.53. The molecule has 1 atom stereocenters. The Kier molecular flexibility index (Phi) is 3.93. The Labute approximate surface area is 115 Å². The Morgan fingerprint density at radius 1 is 1.40 bits per heavy atom. The van der Waals surface area contributed by atoms with Gasteiger partial charge in [-0.05, 0) is 24.6 Å². The second-order valence-corrected chi connectivity index (χ2v) is 4.47. The van der Waals surface area contributed by atoms with Crippen LogP contribution < -0.4 is 4.90 Å². The van der Waals surface area contributed by atoms with Gasteiger partial charge in [-0.3, -0.25) is 15.1 Å². The van der Waals surface area contributed by atoms with Crippen molar-refractivity contribution >= 4 is 11.4 Å². The molecule has 5 nitrogen and oxygen atoms in total. The van der Waals surface area contributed by atoms with Gasteiger partial charge in [0.25, 0.3) is 5.69 Å². The highest BCUT2D eigenvalue weighted by atomic mass is 19.1. The van der Waals surface area contributed by atoms with Gasteiger partial charge >= 0.3 is 0 Å². The molecule has 0 saturated carbocycles. The molecule has 0 saturated heterocycles. The van der Waals surface area contributed by atoms with Gasteiger partial charge in [-0.15, -0.1) is 0 Å². The summed E-state index contributed by atoms with van der Waals surface area (Å²) in [6.45, 7) is 1.91. The normalized spacial score (nSPS) is 11.9. The molecule has 0 aliphatic heterocycles. The van der Waals surface area contributed by atoms with Gasteiger partial charge in [-0.25, -0.2) is 4.39 Å². The molecule has 0 spiro atoms. The predicted molar refractivity (Wildman–Crippen MR) is 74.1 cm³/mol. The van der Waals surface area contributed by atoms with E-state index in [0.29, 0.717) is 5.69 Å². The first-order valence-corrected chi connectivity index (χ1v) is 6.07. The van der Waals surface area contributed by atoms with Crippen molar-refractivity contribution in [2.45, 2.75) is 13.0 Å². The van der Waals surface area contributed by atoms with Crippen molar-refractivity contribution in [2.24, 2.45) is 0 Å². The van der Waals surface area contributed by atoms with Crippen LogP contribution in [0.4, 0.5) is 15.8 Å². The maximum atomic E-state index is 14.0. The summed E-state index contributed by atoms with van der Waals surface area (Å²) < 4.78 is 14.0. The van der Waals surface area contributed by atoms with Crippen LogP contribution in [-0.2, 0) is 0 Å². The first-order chi connectivity index (χ1) is 9.50. The zero-order valence-electron chi connectivity index (χ0n) is 11.2. The smallest absolute Gasteiger partial charge is 0.272 e. The molecule has 0 aliphatic carbocycles. The van der Waals surface area contributed by atoms with Crippen LogP contribution in [0.3, 0.4) is 0 Å². The molecule has 104 valence electrons. The van der Waals surface area contributed by atoms with E-state index in [-0.39, 0.29) is 11.7 Å². The Bertz CT molecular complexity index is 619. The zero-order chi connectivity index (χ0) is 14.7. The molecule has 1 heterocycles. The number of nitro benzene ring substituents is 1. The molecule has 20 heavy (non-hydrogen) atoms. The Morgan fingerprint density at radius 3 is 2.70 bits per heavy atom. The second kappa shape index (κ2) is 5.64. The lowest BCUT2D eigenvalue weighted by molar-refractivity contribution is -0.385. The summed E-state index contributed by atoms with van der Waals surface area (Å²) in [5.74, 6) is -0.613. The molecule has 6 heteroatoms. The standard InChI is InChI=1S/C14H14FN3O2/c1-10(11-4-3-7-16-9-11)17(2)14-6-5-12(18(19)20)8-13(14)15/h3-10H,1-2H3. The molecule has 2 aromatic rings. The lowest BCUT2D eigenvalue weighted by Crippen LogP contribution is -2.22. The van der Waals surface area contributed by atoms with Crippen molar-refractivity contribution in [2.75, 3.05) is 11.9 Å². The minimum Gasteiger partial charge on any atom is -0.365 e. The van der Waals surface area contributed by atoms with E-state index in [0.717, 1.165) is 11.6 Å². The van der Waals surface area contributed by atoms with Crippen molar-refractivity contribution in [1.29, 1.82) is 0 Å². The average Bonchev–Trinajstić information content (AvgIpc) is 2.46. The number of nitrogens with zero attached hydrogens (tertiary/aromatic N) is 3. The number of rotatable bonds is 4. The van der Waals surface area contributed by atoms with E-state index in [9.17, 15) is 14.5 Å². The minimum absolute atomic E-state index is 0.0975. The lowest BCUT2D eigenvalue weighted by Gasteiger charge is -2.27. The van der Waals surface area contributed by atoms with Crippen LogP contribution in [0.1, 0.15) is 18.5 Å². The van der Waals surface area contributed by atoms with Crippen LogP contribution in [0.25, 0.3) is 0 Å². The number of non-ortho nitro benzene ring substituents is 1. The Hall–Kier alpha value is -2.50. The van der Waals surface area contributed by atoms with E-state index in [2.05, 4.69) is 4.98 Å². The minimum atomic E-state index is -0.614. The molecule has 0 amide bonds. The van der Waals surface area contributed by atoms with Gasteiger partial charge in [0.2, 0.25) is 0 Å². The van der Waals surface area contributed by atoms with Crippen molar-refractivity contribution < 1.29 is 9.31 Å². The Morgan fingerprint density at radius 2 is 2.15 bits per heavy atom. The number of hydrogen-bond acceptors (Lipinski definition) is 4. The number of anilines is 1. The van der Waals surface area contributed by atoms with E-state index in [1.54, 1.807) is 24.3 Å². The summed E-state index contributed by atoms with van der Waals surface area (Å²) in [5.41, 5.74) is 0.994. The van der Waals surface area contributed by atoms with Gasteiger partial charge < -0.3 is 4.90 Å².